The second-order valence-corrected chi connectivity index (χ2v) is 11.9. The molecule has 0 bridgehead atoms. The largest absolute Gasteiger partial charge is 0.457 e. The van der Waals surface area contributed by atoms with Crippen molar-refractivity contribution in [2.24, 2.45) is 23.2 Å². The summed E-state index contributed by atoms with van der Waals surface area (Å²) < 4.78 is 5.92. The molecule has 1 aromatic heterocycles. The van der Waals surface area contributed by atoms with Gasteiger partial charge in [-0.05, 0) is 91.5 Å². The molecule has 0 spiro atoms. The van der Waals surface area contributed by atoms with Gasteiger partial charge in [0.05, 0.1) is 17.5 Å². The number of aromatic amines is 1. The maximum atomic E-state index is 14.0. The normalized spacial score (nSPS) is 27.4. The molecule has 186 valence electrons. The summed E-state index contributed by atoms with van der Waals surface area (Å²) in [6.45, 7) is 8.95. The molecule has 3 aromatic rings. The van der Waals surface area contributed by atoms with E-state index in [1.807, 2.05) is 61.5 Å². The number of anilines is 1. The van der Waals surface area contributed by atoms with Crippen LogP contribution in [0.3, 0.4) is 0 Å². The third-order valence-corrected chi connectivity index (χ3v) is 8.73. The molecule has 1 saturated heterocycles. The van der Waals surface area contributed by atoms with Gasteiger partial charge in [0.1, 0.15) is 11.5 Å². The number of imide groups is 1. The van der Waals surface area contributed by atoms with Crippen molar-refractivity contribution in [1.82, 2.24) is 4.98 Å². The van der Waals surface area contributed by atoms with Gasteiger partial charge >= 0.3 is 0 Å². The predicted molar refractivity (Wildman–Crippen MR) is 140 cm³/mol. The number of fused-ring (bicyclic) bond motifs is 6. The van der Waals surface area contributed by atoms with E-state index in [9.17, 15) is 9.59 Å². The van der Waals surface area contributed by atoms with E-state index in [-0.39, 0.29) is 29.1 Å². The average molecular weight is 483 g/mol. The van der Waals surface area contributed by atoms with Gasteiger partial charge in [0.15, 0.2) is 0 Å². The van der Waals surface area contributed by atoms with E-state index in [0.29, 0.717) is 23.3 Å². The lowest BCUT2D eigenvalue weighted by molar-refractivity contribution is -0.123. The fourth-order valence-electron chi connectivity index (χ4n) is 6.94. The van der Waals surface area contributed by atoms with Crippen LogP contribution in [0.15, 0.2) is 60.7 Å². The first kappa shape index (κ1) is 23.1. The number of amides is 2. The van der Waals surface area contributed by atoms with Gasteiger partial charge in [-0.15, -0.1) is 0 Å². The summed E-state index contributed by atoms with van der Waals surface area (Å²) in [5.41, 5.74) is 4.11. The van der Waals surface area contributed by atoms with Crippen LogP contribution in [0.1, 0.15) is 68.8 Å². The van der Waals surface area contributed by atoms with Crippen molar-refractivity contribution in [2.45, 2.75) is 58.8 Å². The number of aromatic nitrogens is 1. The highest BCUT2D eigenvalue weighted by atomic mass is 16.5. The van der Waals surface area contributed by atoms with Gasteiger partial charge in [0.25, 0.3) is 0 Å². The first-order chi connectivity index (χ1) is 17.2. The molecule has 2 aliphatic carbocycles. The number of nitrogens with one attached hydrogen (secondary N) is 1. The Bertz CT molecular complexity index is 1300. The molecule has 36 heavy (non-hydrogen) atoms. The Kier molecular flexibility index (Phi) is 5.36. The highest BCUT2D eigenvalue weighted by Gasteiger charge is 2.59. The van der Waals surface area contributed by atoms with Crippen LogP contribution in [0.25, 0.3) is 0 Å². The van der Waals surface area contributed by atoms with Crippen LogP contribution in [0, 0.1) is 30.1 Å². The first-order valence-electron chi connectivity index (χ1n) is 13.1. The Morgan fingerprint density at radius 3 is 2.31 bits per heavy atom. The molecule has 1 unspecified atom stereocenters. The molecule has 5 atom stereocenters. The Hall–Kier alpha value is -3.34. The Morgan fingerprint density at radius 1 is 0.917 bits per heavy atom. The second kappa shape index (κ2) is 8.36. The Balaban J connectivity index is 1.34. The molecule has 0 radical (unpaired) electrons. The molecular weight excluding hydrogens is 448 g/mol. The zero-order valence-corrected chi connectivity index (χ0v) is 21.5. The molecule has 6 rings (SSSR count). The fourth-order valence-corrected chi connectivity index (χ4v) is 6.94. The van der Waals surface area contributed by atoms with Crippen LogP contribution in [0.4, 0.5) is 5.69 Å². The molecule has 5 heteroatoms. The zero-order valence-electron chi connectivity index (χ0n) is 21.5. The smallest absolute Gasteiger partial charge is 0.242 e. The minimum Gasteiger partial charge on any atom is -0.457 e. The molecule has 2 aromatic carbocycles. The average Bonchev–Trinajstić information content (AvgIpc) is 3.36. The van der Waals surface area contributed by atoms with Crippen LogP contribution < -0.4 is 9.64 Å². The lowest BCUT2D eigenvalue weighted by Gasteiger charge is -2.46. The number of aryl methyl sites for hydroxylation is 1. The van der Waals surface area contributed by atoms with Gasteiger partial charge in [-0.1, -0.05) is 39.0 Å². The maximum Gasteiger partial charge on any atom is 0.242 e. The molecule has 1 aliphatic heterocycles. The van der Waals surface area contributed by atoms with E-state index < -0.39 is 5.92 Å². The number of hydrogen-bond acceptors (Lipinski definition) is 3. The summed E-state index contributed by atoms with van der Waals surface area (Å²) in [5, 5.41) is 0. The summed E-state index contributed by atoms with van der Waals surface area (Å²) in [6.07, 6.45) is 3.22. The number of H-pyrrole nitrogens is 1. The number of ether oxygens (including phenoxy) is 1. The topological polar surface area (TPSA) is 62.4 Å². The van der Waals surface area contributed by atoms with Crippen LogP contribution in [-0.2, 0) is 9.59 Å². The quantitative estimate of drug-likeness (QED) is 0.411. The number of rotatable bonds is 3. The Morgan fingerprint density at radius 2 is 1.61 bits per heavy atom. The highest BCUT2D eigenvalue weighted by molar-refractivity contribution is 6.24. The van der Waals surface area contributed by atoms with Crippen molar-refractivity contribution in [1.29, 1.82) is 0 Å². The number of nitrogens with zero attached hydrogens (tertiary/aromatic N) is 1. The predicted octanol–water partition coefficient (Wildman–Crippen LogP) is 6.95. The monoisotopic (exact) mass is 482 g/mol. The maximum absolute atomic E-state index is 14.0. The van der Waals surface area contributed by atoms with E-state index in [1.54, 1.807) is 0 Å². The standard InChI is InChI=1S/C31H34N2O3/c1-18-16-25-27-26(24-17-19(31(2,3)4)10-15-23(24)28(25)32-18)29(34)33(30(27)35)20-11-13-22(14-12-20)36-21-8-6-5-7-9-21/h5-9,11-14,16,19,23-24,26-27,32H,10,15,17H2,1-4H3/t19?,23-,24+,26+,27-/m1/s1. The van der Waals surface area contributed by atoms with Gasteiger partial charge in [0.2, 0.25) is 11.8 Å². The van der Waals surface area contributed by atoms with Crippen molar-refractivity contribution in [3.63, 3.8) is 0 Å². The minimum atomic E-state index is -0.405. The number of carbonyl (C=O) groups is 2. The molecule has 3 aliphatic rings. The van der Waals surface area contributed by atoms with Crippen molar-refractivity contribution in [3.8, 4) is 11.5 Å². The van der Waals surface area contributed by atoms with Crippen molar-refractivity contribution >= 4 is 17.5 Å². The third kappa shape index (κ3) is 3.68. The van der Waals surface area contributed by atoms with Crippen LogP contribution in [-0.4, -0.2) is 16.8 Å². The van der Waals surface area contributed by atoms with Gasteiger partial charge in [0, 0.05) is 17.3 Å². The van der Waals surface area contributed by atoms with Crippen molar-refractivity contribution < 1.29 is 14.3 Å². The zero-order chi connectivity index (χ0) is 25.2. The number of hydrogen-bond donors (Lipinski definition) is 1. The molecule has 2 heterocycles. The van der Waals surface area contributed by atoms with E-state index in [4.69, 9.17) is 4.74 Å². The van der Waals surface area contributed by atoms with Crippen molar-refractivity contribution in [3.05, 3.63) is 77.6 Å². The van der Waals surface area contributed by atoms with E-state index in [2.05, 4.69) is 31.8 Å². The Labute approximate surface area is 212 Å². The minimum absolute atomic E-state index is 0.0456. The van der Waals surface area contributed by atoms with Crippen LogP contribution >= 0.6 is 0 Å². The van der Waals surface area contributed by atoms with Gasteiger partial charge in [-0.3, -0.25) is 9.59 Å². The number of carbonyl (C=O) groups excluding carboxylic acids is 2. The van der Waals surface area contributed by atoms with Crippen LogP contribution in [0.2, 0.25) is 0 Å². The molecule has 1 N–H and O–H groups in total. The fraction of sp³-hybridized carbons (Fsp3) is 0.419. The van der Waals surface area contributed by atoms with E-state index >= 15 is 0 Å². The number of benzene rings is 2. The van der Waals surface area contributed by atoms with E-state index in [0.717, 1.165) is 36.3 Å². The molecule has 2 fully saturated rings. The summed E-state index contributed by atoms with van der Waals surface area (Å²) in [7, 11) is 0. The number of para-hydroxylation sites is 1. The first-order valence-corrected chi connectivity index (χ1v) is 13.1. The third-order valence-electron chi connectivity index (χ3n) is 8.73. The van der Waals surface area contributed by atoms with Crippen molar-refractivity contribution in [2.75, 3.05) is 4.90 Å². The molecule has 5 nitrogen and oxygen atoms in total. The SMILES string of the molecule is Cc1cc2c([nH]1)[C@@H]1CCC(C(C)(C)C)C[C@@H]1[C@@H]1C(=O)N(c3ccc(Oc4ccccc4)cc3)C(=O)[C@H]21. The highest BCUT2D eigenvalue weighted by Crippen LogP contribution is 2.58. The summed E-state index contributed by atoms with van der Waals surface area (Å²) in [5.74, 6) is 1.61. The molecule has 2 amide bonds. The lowest BCUT2D eigenvalue weighted by Crippen LogP contribution is -2.41. The summed E-state index contributed by atoms with van der Waals surface area (Å²) in [4.78, 5) is 33.0. The lowest BCUT2D eigenvalue weighted by atomic mass is 9.57. The van der Waals surface area contributed by atoms with E-state index in [1.165, 1.54) is 10.6 Å². The van der Waals surface area contributed by atoms with Gasteiger partial charge in [-0.2, -0.15) is 0 Å². The van der Waals surface area contributed by atoms with Gasteiger partial charge < -0.3 is 9.72 Å². The molecule has 1 saturated carbocycles. The summed E-state index contributed by atoms with van der Waals surface area (Å²) in [6, 6.07) is 19.0. The molecular formula is C31H34N2O3. The summed E-state index contributed by atoms with van der Waals surface area (Å²) >= 11 is 0. The van der Waals surface area contributed by atoms with Gasteiger partial charge in [-0.25, -0.2) is 4.90 Å². The second-order valence-electron chi connectivity index (χ2n) is 11.9. The van der Waals surface area contributed by atoms with Crippen LogP contribution in [0.5, 0.6) is 11.5 Å².